The lowest BCUT2D eigenvalue weighted by atomic mass is 9.98. The lowest BCUT2D eigenvalue weighted by molar-refractivity contribution is 0.102. The van der Waals surface area contributed by atoms with Crippen LogP contribution in [0.15, 0.2) is 109 Å². The second-order valence-electron chi connectivity index (χ2n) is 7.91. The van der Waals surface area contributed by atoms with Gasteiger partial charge >= 0.3 is 0 Å². The van der Waals surface area contributed by atoms with Gasteiger partial charge in [0.1, 0.15) is 5.75 Å². The van der Waals surface area contributed by atoms with Crippen LogP contribution in [-0.4, -0.2) is 13.0 Å². The summed E-state index contributed by atoms with van der Waals surface area (Å²) in [5.74, 6) is 0.622. The SMILES string of the molecule is COc1ccc(NC(=O)c2ccc(CN[C@H](Cc3ccccc3)c3ccccc3)cc2)cc1. The van der Waals surface area contributed by atoms with E-state index in [0.717, 1.165) is 23.4 Å². The molecule has 0 aromatic heterocycles. The van der Waals surface area contributed by atoms with Gasteiger partial charge < -0.3 is 15.4 Å². The minimum Gasteiger partial charge on any atom is -0.497 e. The van der Waals surface area contributed by atoms with Crippen molar-refractivity contribution in [2.45, 2.75) is 19.0 Å². The Hall–Kier alpha value is -3.89. The first kappa shape index (κ1) is 22.3. The highest BCUT2D eigenvalue weighted by Gasteiger charge is 2.12. The van der Waals surface area contributed by atoms with Crippen molar-refractivity contribution in [2.75, 3.05) is 12.4 Å². The molecular formula is C29H28N2O2. The highest BCUT2D eigenvalue weighted by Crippen LogP contribution is 2.20. The Morgan fingerprint density at radius 2 is 1.39 bits per heavy atom. The number of carbonyl (C=O) groups is 1. The smallest absolute Gasteiger partial charge is 0.255 e. The van der Waals surface area contributed by atoms with E-state index in [2.05, 4.69) is 59.2 Å². The fraction of sp³-hybridized carbons (Fsp3) is 0.138. The number of carbonyl (C=O) groups excluding carboxylic acids is 1. The van der Waals surface area contributed by atoms with Crippen molar-refractivity contribution in [2.24, 2.45) is 0 Å². The monoisotopic (exact) mass is 436 g/mol. The quantitative estimate of drug-likeness (QED) is 0.337. The fourth-order valence-corrected chi connectivity index (χ4v) is 3.74. The van der Waals surface area contributed by atoms with Crippen molar-refractivity contribution >= 4 is 11.6 Å². The molecule has 0 fully saturated rings. The Morgan fingerprint density at radius 3 is 2.03 bits per heavy atom. The van der Waals surface area contributed by atoms with Gasteiger partial charge in [-0.3, -0.25) is 4.79 Å². The van der Waals surface area contributed by atoms with Crippen LogP contribution in [0.1, 0.15) is 33.1 Å². The minimum absolute atomic E-state index is 0.133. The first-order valence-corrected chi connectivity index (χ1v) is 11.1. The lowest BCUT2D eigenvalue weighted by Crippen LogP contribution is -2.23. The Balaban J connectivity index is 1.38. The normalized spacial score (nSPS) is 11.5. The summed E-state index contributed by atoms with van der Waals surface area (Å²) < 4.78 is 5.15. The van der Waals surface area contributed by atoms with Crippen LogP contribution in [0.4, 0.5) is 5.69 Å². The van der Waals surface area contributed by atoms with Crippen LogP contribution in [0.25, 0.3) is 0 Å². The number of hydrogen-bond donors (Lipinski definition) is 2. The molecule has 4 aromatic rings. The number of ether oxygens (including phenoxy) is 1. The first-order chi connectivity index (χ1) is 16.2. The van der Waals surface area contributed by atoms with Gasteiger partial charge in [0.25, 0.3) is 5.91 Å². The number of amides is 1. The molecule has 0 radical (unpaired) electrons. The largest absolute Gasteiger partial charge is 0.497 e. The molecule has 0 aliphatic heterocycles. The molecule has 0 heterocycles. The van der Waals surface area contributed by atoms with Gasteiger partial charge in [-0.05, 0) is 59.5 Å². The van der Waals surface area contributed by atoms with E-state index in [9.17, 15) is 4.79 Å². The van der Waals surface area contributed by atoms with E-state index >= 15 is 0 Å². The molecule has 1 atom stereocenters. The average molecular weight is 437 g/mol. The van der Waals surface area contributed by atoms with Gasteiger partial charge in [0.05, 0.1) is 7.11 Å². The van der Waals surface area contributed by atoms with Crippen LogP contribution < -0.4 is 15.4 Å². The second kappa shape index (κ2) is 11.1. The Morgan fingerprint density at radius 1 is 0.758 bits per heavy atom. The predicted octanol–water partition coefficient (Wildman–Crippen LogP) is 6.02. The van der Waals surface area contributed by atoms with Crippen molar-refractivity contribution in [3.05, 3.63) is 131 Å². The molecule has 2 N–H and O–H groups in total. The Labute approximate surface area is 195 Å². The van der Waals surface area contributed by atoms with E-state index in [0.29, 0.717) is 12.1 Å². The van der Waals surface area contributed by atoms with Crippen molar-refractivity contribution in [3.8, 4) is 5.75 Å². The number of methoxy groups -OCH3 is 1. The summed E-state index contributed by atoms with van der Waals surface area (Å²) in [6, 6.07) is 36.3. The first-order valence-electron chi connectivity index (χ1n) is 11.1. The zero-order valence-corrected chi connectivity index (χ0v) is 18.7. The molecule has 0 aliphatic rings. The molecule has 4 rings (SSSR count). The standard InChI is InChI=1S/C29H28N2O2/c1-33-27-18-16-26(17-19-27)31-29(32)25-14-12-23(13-15-25)21-30-28(24-10-6-3-7-11-24)20-22-8-4-2-5-9-22/h2-19,28,30H,20-21H2,1H3,(H,31,32)/t28-/m1/s1. The molecule has 0 saturated heterocycles. The van der Waals surface area contributed by atoms with Gasteiger partial charge in [-0.25, -0.2) is 0 Å². The second-order valence-corrected chi connectivity index (χ2v) is 7.91. The molecular weight excluding hydrogens is 408 g/mol. The predicted molar refractivity (Wildman–Crippen MR) is 134 cm³/mol. The van der Waals surface area contributed by atoms with Crippen LogP contribution in [-0.2, 0) is 13.0 Å². The Kier molecular flexibility index (Phi) is 7.52. The van der Waals surface area contributed by atoms with Gasteiger partial charge in [-0.2, -0.15) is 0 Å². The van der Waals surface area contributed by atoms with Gasteiger partial charge in [0, 0.05) is 23.8 Å². The molecule has 0 aliphatic carbocycles. The molecule has 0 saturated carbocycles. The molecule has 33 heavy (non-hydrogen) atoms. The van der Waals surface area contributed by atoms with Crippen LogP contribution in [0, 0.1) is 0 Å². The number of anilines is 1. The molecule has 1 amide bonds. The highest BCUT2D eigenvalue weighted by molar-refractivity contribution is 6.04. The Bertz CT molecular complexity index is 1140. The highest BCUT2D eigenvalue weighted by atomic mass is 16.5. The summed E-state index contributed by atoms with van der Waals surface area (Å²) in [7, 11) is 1.62. The summed E-state index contributed by atoms with van der Waals surface area (Å²) in [6.45, 7) is 0.715. The lowest BCUT2D eigenvalue weighted by Gasteiger charge is -2.20. The van der Waals surface area contributed by atoms with Crippen molar-refractivity contribution in [1.29, 1.82) is 0 Å². The van der Waals surface area contributed by atoms with E-state index in [1.807, 2.05) is 60.7 Å². The summed E-state index contributed by atoms with van der Waals surface area (Å²) in [4.78, 5) is 12.6. The molecule has 166 valence electrons. The zero-order valence-electron chi connectivity index (χ0n) is 18.7. The van der Waals surface area contributed by atoms with Gasteiger partial charge in [-0.1, -0.05) is 72.8 Å². The van der Waals surface area contributed by atoms with Crippen LogP contribution in [0.2, 0.25) is 0 Å². The van der Waals surface area contributed by atoms with E-state index in [1.54, 1.807) is 7.11 Å². The molecule has 4 aromatic carbocycles. The summed E-state index contributed by atoms with van der Waals surface area (Å²) in [5.41, 5.74) is 5.04. The van der Waals surface area contributed by atoms with E-state index in [-0.39, 0.29) is 11.9 Å². The molecule has 0 spiro atoms. The number of nitrogens with one attached hydrogen (secondary N) is 2. The van der Waals surface area contributed by atoms with Crippen LogP contribution in [0.5, 0.6) is 5.75 Å². The molecule has 4 nitrogen and oxygen atoms in total. The van der Waals surface area contributed by atoms with Gasteiger partial charge in [0.15, 0.2) is 0 Å². The number of hydrogen-bond acceptors (Lipinski definition) is 3. The van der Waals surface area contributed by atoms with E-state index in [1.165, 1.54) is 11.1 Å². The third-order valence-corrected chi connectivity index (χ3v) is 5.60. The van der Waals surface area contributed by atoms with Crippen LogP contribution >= 0.6 is 0 Å². The van der Waals surface area contributed by atoms with Crippen molar-refractivity contribution in [3.63, 3.8) is 0 Å². The third kappa shape index (κ3) is 6.31. The summed E-state index contributed by atoms with van der Waals surface area (Å²) in [6.07, 6.45) is 0.910. The van der Waals surface area contributed by atoms with Crippen molar-refractivity contribution in [1.82, 2.24) is 5.32 Å². The van der Waals surface area contributed by atoms with Crippen molar-refractivity contribution < 1.29 is 9.53 Å². The maximum atomic E-state index is 12.6. The average Bonchev–Trinajstić information content (AvgIpc) is 2.88. The number of benzene rings is 4. The van der Waals surface area contributed by atoms with E-state index < -0.39 is 0 Å². The van der Waals surface area contributed by atoms with Gasteiger partial charge in [-0.15, -0.1) is 0 Å². The number of rotatable bonds is 9. The maximum absolute atomic E-state index is 12.6. The third-order valence-electron chi connectivity index (χ3n) is 5.60. The van der Waals surface area contributed by atoms with E-state index in [4.69, 9.17) is 4.74 Å². The fourth-order valence-electron chi connectivity index (χ4n) is 3.74. The molecule has 0 bridgehead atoms. The van der Waals surface area contributed by atoms with Gasteiger partial charge in [0.2, 0.25) is 0 Å². The minimum atomic E-state index is -0.133. The zero-order chi connectivity index (χ0) is 22.9. The topological polar surface area (TPSA) is 50.4 Å². The summed E-state index contributed by atoms with van der Waals surface area (Å²) >= 11 is 0. The molecule has 4 heteroatoms. The summed E-state index contributed by atoms with van der Waals surface area (Å²) in [5, 5.41) is 6.61. The van der Waals surface area contributed by atoms with Crippen LogP contribution in [0.3, 0.4) is 0 Å². The molecule has 0 unspecified atom stereocenters. The maximum Gasteiger partial charge on any atom is 0.255 e.